The maximum atomic E-state index is 9.08. The van der Waals surface area contributed by atoms with E-state index in [0.29, 0.717) is 80.9 Å². The largest absolute Gasteiger partial charge is 0.312 e. The second kappa shape index (κ2) is 42.0. The fourth-order valence-corrected chi connectivity index (χ4v) is 13.3. The molecule has 0 aliphatic rings. The summed E-state index contributed by atoms with van der Waals surface area (Å²) in [6, 6.07) is 85.6. The van der Waals surface area contributed by atoms with Gasteiger partial charge < -0.3 is 13.7 Å². The number of fused-ring (bicyclic) bond motifs is 3. The summed E-state index contributed by atoms with van der Waals surface area (Å²) in [7, 11) is 0. The molecule has 14 rings (SSSR count). The Morgan fingerprint density at radius 3 is 1.15 bits per heavy atom. The number of rotatable bonds is 30. The lowest BCUT2D eigenvalue weighted by Crippen LogP contribution is -2.30. The maximum absolute atomic E-state index is 9.08. The van der Waals surface area contributed by atoms with E-state index in [2.05, 4.69) is 213 Å². The molecule has 0 spiro atoms. The van der Waals surface area contributed by atoms with Gasteiger partial charge in [-0.05, 0) is 137 Å². The van der Waals surface area contributed by atoms with Crippen molar-refractivity contribution >= 4 is 44.3 Å². The zero-order valence-corrected chi connectivity index (χ0v) is 61.6. The molecule has 0 aliphatic carbocycles. The molecule has 8 aromatic carbocycles. The third-order valence-electron chi connectivity index (χ3n) is 19.2. The summed E-state index contributed by atoms with van der Waals surface area (Å²) in [5.74, 6) is 3.73. The van der Waals surface area contributed by atoms with Gasteiger partial charge in [-0.3, -0.25) is 29.7 Å². The Balaban J connectivity index is 0.000000187. The van der Waals surface area contributed by atoms with Crippen molar-refractivity contribution in [3.63, 3.8) is 0 Å². The predicted octanol–water partition coefficient (Wildman–Crippen LogP) is 19.1. The second-order valence-corrected chi connectivity index (χ2v) is 27.6. The van der Waals surface area contributed by atoms with E-state index < -0.39 is 0 Å². The Morgan fingerprint density at radius 1 is 0.400 bits per heavy atom. The van der Waals surface area contributed by atoms with E-state index in [0.717, 1.165) is 116 Å². The van der Waals surface area contributed by atoms with Crippen molar-refractivity contribution < 1.29 is 0 Å². The highest BCUT2D eigenvalue weighted by Gasteiger charge is 2.21. The van der Waals surface area contributed by atoms with Gasteiger partial charge in [0.25, 0.3) is 0 Å². The molecule has 14 aromatic rings. The maximum Gasteiger partial charge on any atom is 0.147 e. The molecular formula is C91H99ClN18. The van der Waals surface area contributed by atoms with Crippen LogP contribution in [0, 0.1) is 39.9 Å². The van der Waals surface area contributed by atoms with Gasteiger partial charge in [-0.25, -0.2) is 0 Å². The zero-order valence-electron chi connectivity index (χ0n) is 60.9. The van der Waals surface area contributed by atoms with Crippen LogP contribution in [-0.4, -0.2) is 93.6 Å². The third kappa shape index (κ3) is 23.8. The van der Waals surface area contributed by atoms with Crippen LogP contribution in [0.15, 0.2) is 256 Å². The number of pyridine rings is 3. The van der Waals surface area contributed by atoms with Crippen molar-refractivity contribution in [3.05, 3.63) is 340 Å². The molecule has 2 unspecified atom stereocenters. The highest BCUT2D eigenvalue weighted by atomic mass is 35.5. The molecule has 0 bridgehead atoms. The Hall–Kier alpha value is -12.0. The molecule has 560 valence electrons. The lowest BCUT2D eigenvalue weighted by Gasteiger charge is -2.27. The van der Waals surface area contributed by atoms with E-state index in [1.165, 1.54) is 42.2 Å². The number of hydrogen-bond donors (Lipinski definition) is 0. The predicted molar refractivity (Wildman–Crippen MR) is 442 cm³/mol. The van der Waals surface area contributed by atoms with E-state index in [4.69, 9.17) is 42.3 Å². The first-order chi connectivity index (χ1) is 52.5. The van der Waals surface area contributed by atoms with Crippen molar-refractivity contribution in [2.45, 2.75) is 140 Å². The molecule has 110 heavy (non-hydrogen) atoms. The van der Waals surface area contributed by atoms with E-state index in [9.17, 15) is 0 Å². The Morgan fingerprint density at radius 2 is 0.764 bits per heavy atom. The molecule has 19 heteroatoms. The van der Waals surface area contributed by atoms with Crippen LogP contribution in [0.3, 0.4) is 0 Å². The second-order valence-electron chi connectivity index (χ2n) is 27.2. The van der Waals surface area contributed by atoms with Crippen LogP contribution in [0.5, 0.6) is 0 Å². The van der Waals surface area contributed by atoms with Crippen molar-refractivity contribution in [2.75, 3.05) is 19.6 Å². The van der Waals surface area contributed by atoms with Crippen LogP contribution in [0.1, 0.15) is 154 Å². The van der Waals surface area contributed by atoms with Crippen LogP contribution >= 0.6 is 11.6 Å². The normalized spacial score (nSPS) is 11.5. The summed E-state index contributed by atoms with van der Waals surface area (Å²) in [6.07, 6.45) is 11.1. The Bertz CT molecular complexity index is 5250. The number of benzene rings is 8. The summed E-state index contributed by atoms with van der Waals surface area (Å²) in [4.78, 5) is 22.0. The van der Waals surface area contributed by atoms with Gasteiger partial charge in [-0.15, -0.1) is 30.6 Å². The molecule has 0 N–H and O–H groups in total. The van der Waals surface area contributed by atoms with Crippen molar-refractivity contribution in [1.29, 1.82) is 15.8 Å². The molecule has 2 atom stereocenters. The highest BCUT2D eigenvalue weighted by molar-refractivity contribution is 6.30. The van der Waals surface area contributed by atoms with Crippen molar-refractivity contribution in [1.82, 2.24) is 73.9 Å². The van der Waals surface area contributed by atoms with E-state index in [1.807, 2.05) is 121 Å². The van der Waals surface area contributed by atoms with Gasteiger partial charge in [0.2, 0.25) is 0 Å². The van der Waals surface area contributed by atoms with Crippen molar-refractivity contribution in [2.24, 2.45) is 5.92 Å². The first-order valence-corrected chi connectivity index (χ1v) is 37.0. The quantitative estimate of drug-likeness (QED) is 0.0410. The van der Waals surface area contributed by atoms with Crippen LogP contribution in [0.2, 0.25) is 5.02 Å². The van der Waals surface area contributed by atoms with Crippen LogP contribution in [0.4, 0.5) is 0 Å². The molecule has 0 fully saturated rings. The number of para-hydroxylation sites is 3. The number of nitriles is 3. The van der Waals surface area contributed by atoms with Crippen LogP contribution in [0.25, 0.3) is 32.7 Å². The van der Waals surface area contributed by atoms with Crippen LogP contribution < -0.4 is 0 Å². The van der Waals surface area contributed by atoms with Gasteiger partial charge in [-0.2, -0.15) is 15.8 Å². The van der Waals surface area contributed by atoms with Gasteiger partial charge in [0.15, 0.2) is 0 Å². The number of unbranched alkanes of at least 4 members (excludes halogenated alkanes) is 1. The van der Waals surface area contributed by atoms with Crippen molar-refractivity contribution in [3.8, 4) is 18.2 Å². The van der Waals surface area contributed by atoms with E-state index in [-0.39, 0.29) is 22.3 Å². The van der Waals surface area contributed by atoms with Gasteiger partial charge in [0.1, 0.15) is 36.5 Å². The van der Waals surface area contributed by atoms with E-state index >= 15 is 0 Å². The lowest BCUT2D eigenvalue weighted by molar-refractivity contribution is 0.195. The molecule has 18 nitrogen and oxygen atoms in total. The topological polar surface area (TPSA) is 212 Å². The average molecular weight is 1480 g/mol. The summed E-state index contributed by atoms with van der Waals surface area (Å²) < 4.78 is 6.25. The fourth-order valence-electron chi connectivity index (χ4n) is 13.2. The molecule has 0 radical (unpaired) electrons. The van der Waals surface area contributed by atoms with E-state index in [1.54, 1.807) is 19.0 Å². The number of halogens is 1. The minimum Gasteiger partial charge on any atom is -0.312 e. The standard InChI is InChI=1S/C30H28N6.C29H25ClN6.C29H34N6.3CH4/c1-23(26-7-3-2-4-8-26)18-35(20-28-16-15-27-9-5-6-10-29(27)33-28)21-30-34-32-22-36(30)19-25-13-11-24(17-31)12-14-25;30-26-12-9-22(10-13-26)15-16-35(19-27-14-11-25-3-1-2-4-28(25)33-27)20-29-34-32-21-36(29)18-24-7-5-23(17-31)6-8-24;1-3-5-8-23(4-2)18-34(20-27-16-15-26-9-6-7-10-28(26)32-27)21-29-33-31-22-35(29)19-25-13-11-24(17-30)12-14-25;;;/h2-16,22-23H,18-21H2,1H3;1-14,21H,15-16,18-20H2;6-7,9-16,22-23H,3-5,8,18-21H2,1-2H3;3*1H4. The monoisotopic (exact) mass is 1480 g/mol. The average Bonchev–Trinajstić information content (AvgIpc) is 1.18. The van der Waals surface area contributed by atoms with Gasteiger partial charge in [0, 0.05) is 60.4 Å². The molecule has 6 aromatic heterocycles. The molecule has 0 saturated carbocycles. The number of aromatic nitrogens is 12. The highest BCUT2D eigenvalue weighted by Crippen LogP contribution is 2.25. The first-order valence-electron chi connectivity index (χ1n) is 36.6. The Labute approximate surface area is 653 Å². The zero-order chi connectivity index (χ0) is 73.9. The minimum absolute atomic E-state index is 0. The molecule has 0 aliphatic heterocycles. The summed E-state index contributed by atoms with van der Waals surface area (Å²) in [5.41, 5.74) is 14.0. The lowest BCUT2D eigenvalue weighted by atomic mass is 9.98. The molecule has 0 saturated heterocycles. The first kappa shape index (κ1) is 82.1. The minimum atomic E-state index is 0. The van der Waals surface area contributed by atoms with Gasteiger partial charge in [-0.1, -0.05) is 226 Å². The smallest absolute Gasteiger partial charge is 0.147 e. The van der Waals surface area contributed by atoms with Gasteiger partial charge >= 0.3 is 0 Å². The number of nitrogens with zero attached hydrogens (tertiary/aromatic N) is 18. The SMILES string of the molecule is C.C.C.CC(CN(Cc1ccc2ccccc2n1)Cc1nncn1Cc1ccc(C#N)cc1)c1ccccc1.CCCCC(CC)CN(Cc1ccc2ccccc2n1)Cc1nncn1Cc1ccc(C#N)cc1.N#Cc1ccc(Cn2cnnc2CN(CCc2ccc(Cl)cc2)Cc2ccc3ccccc3n2)cc1. The summed E-state index contributed by atoms with van der Waals surface area (Å²) >= 11 is 6.07. The third-order valence-corrected chi connectivity index (χ3v) is 19.5. The van der Waals surface area contributed by atoms with Crippen LogP contribution in [-0.2, 0) is 65.3 Å². The summed E-state index contributed by atoms with van der Waals surface area (Å²) in [5, 5.41) is 57.4. The van der Waals surface area contributed by atoms with Gasteiger partial charge in [0.05, 0.1) is 108 Å². The molecule has 0 amide bonds. The Kier molecular flexibility index (Phi) is 31.3. The summed E-state index contributed by atoms with van der Waals surface area (Å²) in [6.45, 7) is 15.7. The fraction of sp³-hybridized carbons (Fsp3) is 0.275. The number of hydrogen-bond acceptors (Lipinski definition) is 15. The molecule has 6 heterocycles. The molecular weight excluding hydrogens is 1380 g/mol.